The molecule has 0 atom stereocenters. The summed E-state index contributed by atoms with van der Waals surface area (Å²) in [4.78, 5) is 0. The number of hydrogen-bond acceptors (Lipinski definition) is 3. The molecule has 0 aromatic heterocycles. The Morgan fingerprint density at radius 3 is 2.42 bits per heavy atom. The Morgan fingerprint density at radius 1 is 1.16 bits per heavy atom. The molecule has 0 bridgehead atoms. The summed E-state index contributed by atoms with van der Waals surface area (Å²) in [5, 5.41) is 12.5. The zero-order valence-electron chi connectivity index (χ0n) is 10.7. The number of hydrogen-bond donors (Lipinski definition) is 1. The highest BCUT2D eigenvalue weighted by atomic mass is 19.1. The molecule has 3 nitrogen and oxygen atoms in total. The minimum atomic E-state index is -0.336. The molecule has 0 amide bonds. The lowest BCUT2D eigenvalue weighted by molar-refractivity contribution is 0.319. The fourth-order valence-electron chi connectivity index (χ4n) is 1.87. The first-order chi connectivity index (χ1) is 9.15. The van der Waals surface area contributed by atoms with E-state index in [0.29, 0.717) is 22.6 Å². The van der Waals surface area contributed by atoms with E-state index in [4.69, 9.17) is 4.74 Å². The van der Waals surface area contributed by atoms with Crippen LogP contribution >= 0.6 is 0 Å². The Balaban J connectivity index is 2.51. The number of benzene rings is 2. The average Bonchev–Trinajstić information content (AvgIpc) is 2.43. The van der Waals surface area contributed by atoms with Gasteiger partial charge in [0.2, 0.25) is 0 Å². The topological polar surface area (TPSA) is 41.8 Å². The predicted octanol–water partition coefficient (Wildman–Crippen LogP) is 3.37. The molecule has 2 rings (SSSR count). The molecule has 19 heavy (non-hydrogen) atoms. The minimum Gasteiger partial charge on any atom is -0.496 e. The summed E-state index contributed by atoms with van der Waals surface area (Å²) in [7, 11) is 1.55. The van der Waals surface area contributed by atoms with E-state index in [9.17, 15) is 9.60 Å². The van der Waals surface area contributed by atoms with Crippen LogP contribution in [-0.4, -0.2) is 18.0 Å². The monoisotopic (exact) mass is 259 g/mol. The van der Waals surface area contributed by atoms with Gasteiger partial charge in [0.15, 0.2) is 0 Å². The molecule has 0 spiro atoms. The number of nitrogens with zero attached hydrogens (tertiary/aromatic N) is 1. The summed E-state index contributed by atoms with van der Waals surface area (Å²) in [5.41, 5.74) is 2.65. The molecule has 0 saturated heterocycles. The molecule has 0 aliphatic heterocycles. The Hall–Kier alpha value is -2.36. The molecule has 2 aromatic carbocycles. The Labute approximate surface area is 111 Å². The number of halogens is 1. The van der Waals surface area contributed by atoms with Gasteiger partial charge >= 0.3 is 0 Å². The molecule has 2 aromatic rings. The first-order valence-corrected chi connectivity index (χ1v) is 5.78. The maximum absolute atomic E-state index is 12.9. The smallest absolute Gasteiger partial charge is 0.128 e. The van der Waals surface area contributed by atoms with E-state index in [0.717, 1.165) is 5.56 Å². The SMILES string of the molecule is COc1cc(C)ccc1C(=NO)c1ccc(F)cc1. The van der Waals surface area contributed by atoms with E-state index in [-0.39, 0.29) is 5.82 Å². The van der Waals surface area contributed by atoms with E-state index in [1.807, 2.05) is 25.1 Å². The van der Waals surface area contributed by atoms with Crippen molar-refractivity contribution in [2.45, 2.75) is 6.92 Å². The van der Waals surface area contributed by atoms with E-state index in [2.05, 4.69) is 5.16 Å². The third-order valence-electron chi connectivity index (χ3n) is 2.83. The van der Waals surface area contributed by atoms with Crippen LogP contribution in [0.4, 0.5) is 4.39 Å². The zero-order chi connectivity index (χ0) is 13.8. The first kappa shape index (κ1) is 13.1. The fourth-order valence-corrected chi connectivity index (χ4v) is 1.87. The summed E-state index contributed by atoms with van der Waals surface area (Å²) < 4.78 is 18.2. The van der Waals surface area contributed by atoms with Crippen molar-refractivity contribution in [2.75, 3.05) is 7.11 Å². The molecule has 0 heterocycles. The Bertz CT molecular complexity index is 606. The van der Waals surface area contributed by atoms with Crippen LogP contribution in [0.5, 0.6) is 5.75 Å². The van der Waals surface area contributed by atoms with Crippen molar-refractivity contribution in [1.82, 2.24) is 0 Å². The van der Waals surface area contributed by atoms with Gasteiger partial charge in [-0.15, -0.1) is 0 Å². The van der Waals surface area contributed by atoms with Gasteiger partial charge in [-0.05, 0) is 48.9 Å². The highest BCUT2D eigenvalue weighted by molar-refractivity contribution is 6.14. The van der Waals surface area contributed by atoms with Gasteiger partial charge in [-0.1, -0.05) is 11.2 Å². The predicted molar refractivity (Wildman–Crippen MR) is 71.6 cm³/mol. The summed E-state index contributed by atoms with van der Waals surface area (Å²) in [6.07, 6.45) is 0. The molecule has 0 unspecified atom stereocenters. The summed E-state index contributed by atoms with van der Waals surface area (Å²) >= 11 is 0. The quantitative estimate of drug-likeness (QED) is 0.521. The van der Waals surface area contributed by atoms with Gasteiger partial charge < -0.3 is 9.94 Å². The van der Waals surface area contributed by atoms with Gasteiger partial charge in [-0.3, -0.25) is 0 Å². The lowest BCUT2D eigenvalue weighted by Crippen LogP contribution is -2.06. The van der Waals surface area contributed by atoms with Crippen LogP contribution in [0.2, 0.25) is 0 Å². The fraction of sp³-hybridized carbons (Fsp3) is 0.133. The van der Waals surface area contributed by atoms with Gasteiger partial charge in [-0.25, -0.2) is 4.39 Å². The van der Waals surface area contributed by atoms with Crippen molar-refractivity contribution < 1.29 is 14.3 Å². The van der Waals surface area contributed by atoms with Crippen LogP contribution in [0.15, 0.2) is 47.6 Å². The third kappa shape index (κ3) is 2.73. The van der Waals surface area contributed by atoms with E-state index in [1.165, 1.54) is 12.1 Å². The molecule has 0 aliphatic rings. The molecule has 0 saturated carbocycles. The normalized spacial score (nSPS) is 11.4. The second kappa shape index (κ2) is 5.52. The van der Waals surface area contributed by atoms with Crippen LogP contribution in [0.1, 0.15) is 16.7 Å². The van der Waals surface area contributed by atoms with Gasteiger partial charge in [0, 0.05) is 11.1 Å². The van der Waals surface area contributed by atoms with Gasteiger partial charge in [-0.2, -0.15) is 0 Å². The van der Waals surface area contributed by atoms with Gasteiger partial charge in [0.1, 0.15) is 17.3 Å². The molecular weight excluding hydrogens is 245 g/mol. The van der Waals surface area contributed by atoms with E-state index in [1.54, 1.807) is 19.2 Å². The van der Waals surface area contributed by atoms with Crippen molar-refractivity contribution in [2.24, 2.45) is 5.16 Å². The Morgan fingerprint density at radius 2 is 1.84 bits per heavy atom. The second-order valence-electron chi connectivity index (χ2n) is 4.16. The number of rotatable bonds is 3. The van der Waals surface area contributed by atoms with Crippen molar-refractivity contribution in [3.8, 4) is 5.75 Å². The maximum Gasteiger partial charge on any atom is 0.128 e. The van der Waals surface area contributed by atoms with Crippen molar-refractivity contribution in [3.63, 3.8) is 0 Å². The van der Waals surface area contributed by atoms with Crippen molar-refractivity contribution >= 4 is 5.71 Å². The lowest BCUT2D eigenvalue weighted by atomic mass is 10.0. The van der Waals surface area contributed by atoms with Gasteiger partial charge in [0.25, 0.3) is 0 Å². The number of methoxy groups -OCH3 is 1. The molecule has 0 aliphatic carbocycles. The summed E-state index contributed by atoms with van der Waals surface area (Å²) in [6.45, 7) is 1.94. The molecule has 1 N–H and O–H groups in total. The van der Waals surface area contributed by atoms with Crippen LogP contribution < -0.4 is 4.74 Å². The van der Waals surface area contributed by atoms with Crippen LogP contribution in [0.3, 0.4) is 0 Å². The van der Waals surface area contributed by atoms with Crippen LogP contribution in [-0.2, 0) is 0 Å². The number of oxime groups is 1. The highest BCUT2D eigenvalue weighted by Crippen LogP contribution is 2.23. The van der Waals surface area contributed by atoms with E-state index < -0.39 is 0 Å². The maximum atomic E-state index is 12.9. The standard InChI is InChI=1S/C15H14FNO2/c1-10-3-8-13(14(9-10)19-2)15(17-18)11-4-6-12(16)7-5-11/h3-9,18H,1-2H3. The highest BCUT2D eigenvalue weighted by Gasteiger charge is 2.13. The molecule has 4 heteroatoms. The van der Waals surface area contributed by atoms with Crippen LogP contribution in [0, 0.1) is 12.7 Å². The third-order valence-corrected chi connectivity index (χ3v) is 2.83. The number of aryl methyl sites for hydroxylation is 1. The second-order valence-corrected chi connectivity index (χ2v) is 4.16. The van der Waals surface area contributed by atoms with Crippen molar-refractivity contribution in [3.05, 3.63) is 65.0 Å². The molecule has 98 valence electrons. The minimum absolute atomic E-state index is 0.336. The molecular formula is C15H14FNO2. The average molecular weight is 259 g/mol. The number of ether oxygens (including phenoxy) is 1. The summed E-state index contributed by atoms with van der Waals surface area (Å²) in [5.74, 6) is 0.272. The largest absolute Gasteiger partial charge is 0.496 e. The van der Waals surface area contributed by atoms with Gasteiger partial charge in [0.05, 0.1) is 7.11 Å². The van der Waals surface area contributed by atoms with E-state index >= 15 is 0 Å². The molecule has 0 radical (unpaired) electrons. The lowest BCUT2D eigenvalue weighted by Gasteiger charge is -2.11. The van der Waals surface area contributed by atoms with Crippen LogP contribution in [0.25, 0.3) is 0 Å². The Kier molecular flexibility index (Phi) is 3.80. The summed E-state index contributed by atoms with van der Waals surface area (Å²) in [6, 6.07) is 11.3. The zero-order valence-corrected chi connectivity index (χ0v) is 10.7. The first-order valence-electron chi connectivity index (χ1n) is 5.78. The van der Waals surface area contributed by atoms with Crippen molar-refractivity contribution in [1.29, 1.82) is 0 Å². The molecule has 0 fully saturated rings.